The summed E-state index contributed by atoms with van der Waals surface area (Å²) in [6, 6.07) is 8.25. The maximum absolute atomic E-state index is 6.37. The Morgan fingerprint density at radius 3 is 2.37 bits per heavy atom. The minimum absolute atomic E-state index is 0.148. The third kappa shape index (κ3) is 5.97. The molecular formula is C17H28ClN. The molecule has 0 aliphatic carbocycles. The fourth-order valence-corrected chi connectivity index (χ4v) is 2.50. The smallest absolute Gasteiger partial charge is 0.0441 e. The fourth-order valence-electron chi connectivity index (χ4n) is 2.21. The summed E-state index contributed by atoms with van der Waals surface area (Å²) < 4.78 is 0. The predicted octanol–water partition coefficient (Wildman–Crippen LogP) is 5.25. The van der Waals surface area contributed by atoms with E-state index in [9.17, 15) is 0 Å². The van der Waals surface area contributed by atoms with Gasteiger partial charge in [-0.2, -0.15) is 0 Å². The van der Waals surface area contributed by atoms with Crippen molar-refractivity contribution in [2.75, 3.05) is 6.54 Å². The molecule has 0 aliphatic rings. The van der Waals surface area contributed by atoms with E-state index in [0.717, 1.165) is 17.5 Å². The van der Waals surface area contributed by atoms with E-state index in [2.05, 4.69) is 52.1 Å². The summed E-state index contributed by atoms with van der Waals surface area (Å²) in [7, 11) is 0. The van der Waals surface area contributed by atoms with Gasteiger partial charge in [-0.05, 0) is 50.7 Å². The predicted molar refractivity (Wildman–Crippen MR) is 86.0 cm³/mol. The van der Waals surface area contributed by atoms with Crippen LogP contribution in [0.5, 0.6) is 0 Å². The van der Waals surface area contributed by atoms with E-state index in [1.165, 1.54) is 18.4 Å². The van der Waals surface area contributed by atoms with Crippen LogP contribution in [0.15, 0.2) is 24.3 Å². The second-order valence-corrected chi connectivity index (χ2v) is 7.01. The van der Waals surface area contributed by atoms with E-state index in [0.29, 0.717) is 5.92 Å². The quantitative estimate of drug-likeness (QED) is 0.751. The first kappa shape index (κ1) is 16.5. The SMILES string of the molecule is CCC(C)CC(CNC(C)(C)C)c1ccccc1Cl. The van der Waals surface area contributed by atoms with Crippen molar-refractivity contribution in [3.63, 3.8) is 0 Å². The highest BCUT2D eigenvalue weighted by atomic mass is 35.5. The Morgan fingerprint density at radius 1 is 1.21 bits per heavy atom. The van der Waals surface area contributed by atoms with Crippen molar-refractivity contribution in [2.45, 2.75) is 58.9 Å². The van der Waals surface area contributed by atoms with Crippen molar-refractivity contribution in [3.05, 3.63) is 34.9 Å². The standard InChI is InChI=1S/C17H28ClN/c1-6-13(2)11-14(12-19-17(3,4)5)15-9-7-8-10-16(15)18/h7-10,13-14,19H,6,11-12H2,1-5H3. The van der Waals surface area contributed by atoms with E-state index in [1.54, 1.807) is 0 Å². The minimum Gasteiger partial charge on any atom is -0.311 e. The molecule has 1 rings (SSSR count). The zero-order chi connectivity index (χ0) is 14.5. The highest BCUT2D eigenvalue weighted by Crippen LogP contribution is 2.30. The maximum atomic E-state index is 6.37. The number of nitrogens with one attached hydrogen (secondary N) is 1. The molecule has 0 spiro atoms. The topological polar surface area (TPSA) is 12.0 Å². The number of rotatable bonds is 6. The molecule has 0 heterocycles. The Labute approximate surface area is 123 Å². The highest BCUT2D eigenvalue weighted by Gasteiger charge is 2.19. The molecule has 0 radical (unpaired) electrons. The van der Waals surface area contributed by atoms with Gasteiger partial charge < -0.3 is 5.32 Å². The van der Waals surface area contributed by atoms with Crippen LogP contribution in [-0.2, 0) is 0 Å². The number of benzene rings is 1. The van der Waals surface area contributed by atoms with E-state index < -0.39 is 0 Å². The first-order valence-electron chi connectivity index (χ1n) is 7.33. The number of halogens is 1. The van der Waals surface area contributed by atoms with Gasteiger partial charge in [0.25, 0.3) is 0 Å². The summed E-state index contributed by atoms with van der Waals surface area (Å²) in [5, 5.41) is 4.51. The van der Waals surface area contributed by atoms with Crippen molar-refractivity contribution >= 4 is 11.6 Å². The first-order chi connectivity index (χ1) is 8.83. The normalized spacial score (nSPS) is 15.3. The molecule has 2 heteroatoms. The lowest BCUT2D eigenvalue weighted by Crippen LogP contribution is -2.38. The van der Waals surface area contributed by atoms with Crippen molar-refractivity contribution in [2.24, 2.45) is 5.92 Å². The average Bonchev–Trinajstić information content (AvgIpc) is 2.34. The molecule has 0 saturated heterocycles. The molecular weight excluding hydrogens is 254 g/mol. The molecule has 1 nitrogen and oxygen atoms in total. The van der Waals surface area contributed by atoms with Crippen LogP contribution in [0.3, 0.4) is 0 Å². The first-order valence-corrected chi connectivity index (χ1v) is 7.70. The molecule has 2 atom stereocenters. The van der Waals surface area contributed by atoms with Gasteiger partial charge in [0.1, 0.15) is 0 Å². The number of hydrogen-bond donors (Lipinski definition) is 1. The minimum atomic E-state index is 0.148. The molecule has 2 unspecified atom stereocenters. The third-order valence-corrected chi connectivity index (χ3v) is 3.95. The lowest BCUT2D eigenvalue weighted by atomic mass is 9.87. The van der Waals surface area contributed by atoms with Gasteiger partial charge in [-0.15, -0.1) is 0 Å². The van der Waals surface area contributed by atoms with E-state index in [4.69, 9.17) is 11.6 Å². The molecule has 0 amide bonds. The monoisotopic (exact) mass is 281 g/mol. The molecule has 108 valence electrons. The molecule has 19 heavy (non-hydrogen) atoms. The lowest BCUT2D eigenvalue weighted by Gasteiger charge is -2.27. The van der Waals surface area contributed by atoms with Crippen LogP contribution in [0, 0.1) is 5.92 Å². The van der Waals surface area contributed by atoms with Crippen LogP contribution in [-0.4, -0.2) is 12.1 Å². The van der Waals surface area contributed by atoms with Crippen LogP contribution in [0.1, 0.15) is 58.9 Å². The van der Waals surface area contributed by atoms with Gasteiger partial charge in [0.05, 0.1) is 0 Å². The highest BCUT2D eigenvalue weighted by molar-refractivity contribution is 6.31. The van der Waals surface area contributed by atoms with Crippen molar-refractivity contribution in [1.82, 2.24) is 5.32 Å². The van der Waals surface area contributed by atoms with E-state index in [-0.39, 0.29) is 5.54 Å². The van der Waals surface area contributed by atoms with Gasteiger partial charge in [-0.1, -0.05) is 50.1 Å². The van der Waals surface area contributed by atoms with Crippen molar-refractivity contribution in [1.29, 1.82) is 0 Å². The van der Waals surface area contributed by atoms with Crippen LogP contribution in [0.2, 0.25) is 5.02 Å². The van der Waals surface area contributed by atoms with Gasteiger partial charge in [-0.3, -0.25) is 0 Å². The largest absolute Gasteiger partial charge is 0.311 e. The average molecular weight is 282 g/mol. The van der Waals surface area contributed by atoms with E-state index in [1.807, 2.05) is 12.1 Å². The Hall–Kier alpha value is -0.530. The Kier molecular flexibility index (Phi) is 6.35. The Bertz CT molecular complexity index is 381. The molecule has 1 aromatic carbocycles. The second-order valence-electron chi connectivity index (χ2n) is 6.60. The molecule has 0 bridgehead atoms. The second kappa shape index (κ2) is 7.31. The molecule has 1 aromatic rings. The summed E-state index contributed by atoms with van der Waals surface area (Å²) in [5.74, 6) is 1.21. The molecule has 0 saturated carbocycles. The Balaban J connectivity index is 2.83. The van der Waals surface area contributed by atoms with Gasteiger partial charge in [0.2, 0.25) is 0 Å². The van der Waals surface area contributed by atoms with E-state index >= 15 is 0 Å². The Morgan fingerprint density at radius 2 is 1.84 bits per heavy atom. The zero-order valence-corrected chi connectivity index (χ0v) is 13.7. The van der Waals surface area contributed by atoms with Crippen LogP contribution < -0.4 is 5.32 Å². The summed E-state index contributed by atoms with van der Waals surface area (Å²) in [6.45, 7) is 12.2. The van der Waals surface area contributed by atoms with Crippen LogP contribution in [0.25, 0.3) is 0 Å². The molecule has 0 aromatic heterocycles. The summed E-state index contributed by atoms with van der Waals surface area (Å²) in [5.41, 5.74) is 1.43. The van der Waals surface area contributed by atoms with Crippen molar-refractivity contribution in [3.8, 4) is 0 Å². The van der Waals surface area contributed by atoms with Crippen LogP contribution >= 0.6 is 11.6 Å². The molecule has 1 N–H and O–H groups in total. The van der Waals surface area contributed by atoms with Gasteiger partial charge >= 0.3 is 0 Å². The van der Waals surface area contributed by atoms with Gasteiger partial charge in [0, 0.05) is 17.1 Å². The summed E-state index contributed by atoms with van der Waals surface area (Å²) >= 11 is 6.37. The summed E-state index contributed by atoms with van der Waals surface area (Å²) in [4.78, 5) is 0. The van der Waals surface area contributed by atoms with Crippen LogP contribution in [0.4, 0.5) is 0 Å². The molecule has 0 aliphatic heterocycles. The third-order valence-electron chi connectivity index (χ3n) is 3.61. The fraction of sp³-hybridized carbons (Fsp3) is 0.647. The van der Waals surface area contributed by atoms with Crippen molar-refractivity contribution < 1.29 is 0 Å². The zero-order valence-electron chi connectivity index (χ0n) is 13.0. The molecule has 0 fully saturated rings. The lowest BCUT2D eigenvalue weighted by molar-refractivity contribution is 0.372. The summed E-state index contributed by atoms with van der Waals surface area (Å²) in [6.07, 6.45) is 2.40. The maximum Gasteiger partial charge on any atom is 0.0441 e. The van der Waals surface area contributed by atoms with Gasteiger partial charge in [-0.25, -0.2) is 0 Å². The van der Waals surface area contributed by atoms with Gasteiger partial charge in [0.15, 0.2) is 0 Å². The number of hydrogen-bond acceptors (Lipinski definition) is 1.